The highest BCUT2D eigenvalue weighted by atomic mass is 16.5. The molecule has 1 radical (unpaired) electrons. The van der Waals surface area contributed by atoms with E-state index in [4.69, 9.17) is 25.2 Å². The van der Waals surface area contributed by atoms with E-state index in [1.54, 1.807) is 0 Å². The largest absolute Gasteiger partial charge is 0.394 e. The highest BCUT2D eigenvalue weighted by Crippen LogP contribution is 2.19. The molecule has 0 aromatic rings. The molecule has 0 unspecified atom stereocenters. The molecule has 0 amide bonds. The summed E-state index contributed by atoms with van der Waals surface area (Å²) < 4.78 is 4.78. The fourth-order valence-corrected chi connectivity index (χ4v) is 0.938. The quantitative estimate of drug-likeness (QED) is 0.359. The van der Waals surface area contributed by atoms with Crippen LogP contribution in [0.5, 0.6) is 0 Å². The SMILES string of the molecule is OC[C@H]1OC[C](O)[C@@H](O)[C@@H]1O. The smallest absolute Gasteiger partial charge is 0.150 e. The van der Waals surface area contributed by atoms with E-state index in [1.165, 1.54) is 0 Å². The van der Waals surface area contributed by atoms with Crippen LogP contribution in [0.3, 0.4) is 0 Å². The van der Waals surface area contributed by atoms with Crippen molar-refractivity contribution in [3.63, 3.8) is 0 Å². The standard InChI is InChI=1S/C6H11O5/c7-1-4-6(10)5(9)3(8)2-11-4/h4-10H,1-2H2/t4-,5-,6-/m1/s1. The molecule has 0 aromatic heterocycles. The molecular formula is C6H11O5. The Bertz CT molecular complexity index is 126. The molecule has 0 aliphatic carbocycles. The van der Waals surface area contributed by atoms with Crippen LogP contribution < -0.4 is 0 Å². The van der Waals surface area contributed by atoms with Crippen molar-refractivity contribution in [2.24, 2.45) is 0 Å². The lowest BCUT2D eigenvalue weighted by atomic mass is 10.0. The van der Waals surface area contributed by atoms with Crippen LogP contribution in [0.2, 0.25) is 0 Å². The first-order chi connectivity index (χ1) is 5.16. The van der Waals surface area contributed by atoms with Gasteiger partial charge in [0, 0.05) is 0 Å². The monoisotopic (exact) mass is 163 g/mol. The molecule has 0 bridgehead atoms. The van der Waals surface area contributed by atoms with E-state index in [0.717, 1.165) is 0 Å². The Hall–Kier alpha value is -0.200. The van der Waals surface area contributed by atoms with Gasteiger partial charge >= 0.3 is 0 Å². The van der Waals surface area contributed by atoms with Gasteiger partial charge in [0.25, 0.3) is 0 Å². The van der Waals surface area contributed by atoms with Crippen molar-refractivity contribution in [3.05, 3.63) is 6.10 Å². The first kappa shape index (κ1) is 8.89. The average Bonchev–Trinajstić information content (AvgIpc) is 2.01. The molecule has 65 valence electrons. The molecule has 0 saturated carbocycles. The lowest BCUT2D eigenvalue weighted by molar-refractivity contribution is -0.160. The molecule has 0 aromatic carbocycles. The molecule has 4 N–H and O–H groups in total. The van der Waals surface area contributed by atoms with Crippen molar-refractivity contribution in [1.82, 2.24) is 0 Å². The van der Waals surface area contributed by atoms with Gasteiger partial charge in [-0.05, 0) is 0 Å². The second-order valence-electron chi connectivity index (χ2n) is 2.46. The maximum atomic E-state index is 9.09. The Morgan fingerprint density at radius 2 is 2.09 bits per heavy atom. The van der Waals surface area contributed by atoms with Crippen LogP contribution >= 0.6 is 0 Å². The van der Waals surface area contributed by atoms with E-state index in [0.29, 0.717) is 0 Å². The second-order valence-corrected chi connectivity index (χ2v) is 2.46. The number of aliphatic hydroxyl groups is 4. The third kappa shape index (κ3) is 1.69. The van der Waals surface area contributed by atoms with Crippen molar-refractivity contribution in [1.29, 1.82) is 0 Å². The summed E-state index contributed by atoms with van der Waals surface area (Å²) in [6.07, 6.45) is -3.65. The Balaban J connectivity index is 2.52. The molecular weight excluding hydrogens is 152 g/mol. The molecule has 1 fully saturated rings. The van der Waals surface area contributed by atoms with Gasteiger partial charge in [-0.3, -0.25) is 0 Å². The van der Waals surface area contributed by atoms with Gasteiger partial charge in [0.05, 0.1) is 13.2 Å². The summed E-state index contributed by atoms with van der Waals surface area (Å²) in [5.41, 5.74) is 0. The fourth-order valence-electron chi connectivity index (χ4n) is 0.938. The van der Waals surface area contributed by atoms with E-state index >= 15 is 0 Å². The van der Waals surface area contributed by atoms with E-state index < -0.39 is 18.3 Å². The van der Waals surface area contributed by atoms with Crippen LogP contribution in [0.15, 0.2) is 0 Å². The Labute approximate surface area is 63.8 Å². The van der Waals surface area contributed by atoms with Gasteiger partial charge in [0.15, 0.2) is 0 Å². The highest BCUT2D eigenvalue weighted by molar-refractivity contribution is 4.97. The summed E-state index contributed by atoms with van der Waals surface area (Å²) in [5, 5.41) is 35.6. The van der Waals surface area contributed by atoms with Crippen molar-refractivity contribution in [2.75, 3.05) is 13.2 Å². The zero-order valence-electron chi connectivity index (χ0n) is 5.84. The third-order valence-electron chi connectivity index (χ3n) is 1.67. The lowest BCUT2D eigenvalue weighted by Gasteiger charge is -2.33. The second kappa shape index (κ2) is 3.46. The summed E-state index contributed by atoms with van der Waals surface area (Å²) >= 11 is 0. The number of hydrogen-bond donors (Lipinski definition) is 4. The van der Waals surface area contributed by atoms with Gasteiger partial charge in [-0.25, -0.2) is 0 Å². The molecule has 0 spiro atoms. The lowest BCUT2D eigenvalue weighted by Crippen LogP contribution is -2.50. The molecule has 3 atom stereocenters. The van der Waals surface area contributed by atoms with Crippen molar-refractivity contribution in [3.8, 4) is 0 Å². The number of hydrogen-bond acceptors (Lipinski definition) is 5. The molecule has 5 heteroatoms. The van der Waals surface area contributed by atoms with Crippen LogP contribution in [0.1, 0.15) is 0 Å². The molecule has 11 heavy (non-hydrogen) atoms. The van der Waals surface area contributed by atoms with Crippen molar-refractivity contribution in [2.45, 2.75) is 18.3 Å². The van der Waals surface area contributed by atoms with Gasteiger partial charge in [0.1, 0.15) is 24.4 Å². The van der Waals surface area contributed by atoms with Gasteiger partial charge in [0.2, 0.25) is 0 Å². The number of rotatable bonds is 1. The van der Waals surface area contributed by atoms with E-state index in [1.807, 2.05) is 0 Å². The Morgan fingerprint density at radius 3 is 2.64 bits per heavy atom. The van der Waals surface area contributed by atoms with Crippen LogP contribution in [0, 0.1) is 6.10 Å². The maximum absolute atomic E-state index is 9.09. The predicted octanol–water partition coefficient (Wildman–Crippen LogP) is -2.00. The molecule has 5 nitrogen and oxygen atoms in total. The highest BCUT2D eigenvalue weighted by Gasteiger charge is 2.37. The van der Waals surface area contributed by atoms with Crippen LogP contribution in [0.4, 0.5) is 0 Å². The molecule has 1 saturated heterocycles. The van der Waals surface area contributed by atoms with Crippen LogP contribution in [-0.2, 0) is 4.74 Å². The average molecular weight is 163 g/mol. The van der Waals surface area contributed by atoms with Gasteiger partial charge < -0.3 is 25.2 Å². The fraction of sp³-hybridized carbons (Fsp3) is 0.833. The van der Waals surface area contributed by atoms with E-state index in [2.05, 4.69) is 0 Å². The first-order valence-corrected chi connectivity index (χ1v) is 3.30. The van der Waals surface area contributed by atoms with Crippen molar-refractivity contribution >= 4 is 0 Å². The third-order valence-corrected chi connectivity index (χ3v) is 1.67. The van der Waals surface area contributed by atoms with E-state index in [9.17, 15) is 0 Å². The van der Waals surface area contributed by atoms with Crippen molar-refractivity contribution < 1.29 is 25.2 Å². The maximum Gasteiger partial charge on any atom is 0.150 e. The summed E-state index contributed by atoms with van der Waals surface area (Å²) in [4.78, 5) is 0. The summed E-state index contributed by atoms with van der Waals surface area (Å²) in [5.74, 6) is 0. The molecule has 1 aliphatic heterocycles. The predicted molar refractivity (Wildman–Crippen MR) is 34.0 cm³/mol. The first-order valence-electron chi connectivity index (χ1n) is 3.30. The molecule has 1 rings (SSSR count). The minimum absolute atomic E-state index is 0.135. The summed E-state index contributed by atoms with van der Waals surface area (Å²) in [6.45, 7) is -0.505. The Kier molecular flexibility index (Phi) is 2.80. The zero-order chi connectivity index (χ0) is 8.43. The number of aliphatic hydroxyl groups excluding tert-OH is 4. The van der Waals surface area contributed by atoms with Gasteiger partial charge in [-0.1, -0.05) is 0 Å². The zero-order valence-corrected chi connectivity index (χ0v) is 5.84. The van der Waals surface area contributed by atoms with E-state index in [-0.39, 0.29) is 19.3 Å². The summed E-state index contributed by atoms with van der Waals surface area (Å²) in [6, 6.07) is 0. The minimum atomic E-state index is -1.30. The Morgan fingerprint density at radius 1 is 1.45 bits per heavy atom. The normalized spacial score (nSPS) is 40.9. The number of ether oxygens (including phenoxy) is 1. The molecule has 1 aliphatic rings. The molecule has 1 heterocycles. The minimum Gasteiger partial charge on any atom is -0.394 e. The van der Waals surface area contributed by atoms with Gasteiger partial charge in [-0.2, -0.15) is 0 Å². The van der Waals surface area contributed by atoms with Crippen LogP contribution in [-0.4, -0.2) is 52.0 Å². The van der Waals surface area contributed by atoms with Crippen LogP contribution in [0.25, 0.3) is 0 Å². The topological polar surface area (TPSA) is 90.2 Å². The van der Waals surface area contributed by atoms with Gasteiger partial charge in [-0.15, -0.1) is 0 Å². The summed E-state index contributed by atoms with van der Waals surface area (Å²) in [7, 11) is 0.